The molecular weight excluding hydrogens is 379 g/mol. The molecule has 1 heterocycles. The Kier molecular flexibility index (Phi) is 5.70. The molecule has 0 aliphatic carbocycles. The second-order valence-corrected chi connectivity index (χ2v) is 8.98. The molecule has 1 N–H and O–H groups in total. The number of nitrogens with one attached hydrogen (secondary N) is 1. The fourth-order valence-corrected chi connectivity index (χ4v) is 5.82. The molecule has 1 aliphatic heterocycles. The van der Waals surface area contributed by atoms with E-state index in [1.54, 1.807) is 24.9 Å². The lowest BCUT2D eigenvalue weighted by atomic mass is 10.2. The van der Waals surface area contributed by atoms with Crippen molar-refractivity contribution in [2.45, 2.75) is 23.9 Å². The summed E-state index contributed by atoms with van der Waals surface area (Å²) < 4.78 is 41.7. The lowest BCUT2D eigenvalue weighted by molar-refractivity contribution is 0.391. The highest BCUT2D eigenvalue weighted by atomic mass is 79.9. The number of nitrogens with zero attached hydrogens (tertiary/aromatic N) is 1. The van der Waals surface area contributed by atoms with Crippen LogP contribution >= 0.6 is 27.7 Å². The molecule has 1 aromatic carbocycles. The number of benzene rings is 1. The van der Waals surface area contributed by atoms with E-state index >= 15 is 0 Å². The molecule has 1 saturated heterocycles. The molecule has 118 valence electrons. The van der Waals surface area contributed by atoms with Gasteiger partial charge in [0.25, 0.3) is 0 Å². The molecule has 0 amide bonds. The summed E-state index contributed by atoms with van der Waals surface area (Å²) >= 11 is 4.98. The molecule has 1 unspecified atom stereocenters. The van der Waals surface area contributed by atoms with Crippen molar-refractivity contribution in [3.63, 3.8) is 0 Å². The quantitative estimate of drug-likeness (QED) is 0.829. The van der Waals surface area contributed by atoms with Crippen LogP contribution in [0.3, 0.4) is 0 Å². The van der Waals surface area contributed by atoms with E-state index in [1.807, 2.05) is 0 Å². The molecule has 1 atom stereocenters. The van der Waals surface area contributed by atoms with Gasteiger partial charge in [-0.25, -0.2) is 12.8 Å². The Hall–Kier alpha value is -0.150. The van der Waals surface area contributed by atoms with Crippen LogP contribution in [-0.2, 0) is 16.6 Å². The third kappa shape index (κ3) is 3.61. The van der Waals surface area contributed by atoms with Gasteiger partial charge < -0.3 is 5.32 Å². The van der Waals surface area contributed by atoms with Gasteiger partial charge in [0.15, 0.2) is 0 Å². The van der Waals surface area contributed by atoms with Gasteiger partial charge in [-0.15, -0.1) is 0 Å². The number of rotatable bonds is 5. The molecular formula is C13H18BrFN2O2S2. The summed E-state index contributed by atoms with van der Waals surface area (Å²) in [5.74, 6) is 1.02. The third-order valence-corrected chi connectivity index (χ3v) is 7.04. The standard InChI is InChI=1S/C13H18BrFN2O2S2/c1-16-7-9-5-10(14)6-12(13(9)15)21(18,19)17(2)11-3-4-20-8-11/h5-6,11,16H,3-4,7-8H2,1-2H3. The van der Waals surface area contributed by atoms with Crippen molar-refractivity contribution >= 4 is 37.7 Å². The second kappa shape index (κ2) is 6.95. The van der Waals surface area contributed by atoms with E-state index < -0.39 is 15.8 Å². The summed E-state index contributed by atoms with van der Waals surface area (Å²) in [5.41, 5.74) is 0.333. The predicted molar refractivity (Wildman–Crippen MR) is 87.5 cm³/mol. The van der Waals surface area contributed by atoms with Gasteiger partial charge in [0.05, 0.1) is 0 Å². The van der Waals surface area contributed by atoms with Gasteiger partial charge in [-0.05, 0) is 31.4 Å². The minimum atomic E-state index is -3.83. The Balaban J connectivity index is 2.43. The largest absolute Gasteiger partial charge is 0.316 e. The van der Waals surface area contributed by atoms with Gasteiger partial charge in [0, 0.05) is 35.4 Å². The van der Waals surface area contributed by atoms with Crippen LogP contribution in [0.15, 0.2) is 21.5 Å². The van der Waals surface area contributed by atoms with Crippen molar-refractivity contribution in [1.82, 2.24) is 9.62 Å². The smallest absolute Gasteiger partial charge is 0.246 e. The maximum absolute atomic E-state index is 14.5. The molecule has 0 spiro atoms. The summed E-state index contributed by atoms with van der Waals surface area (Å²) in [6, 6.07) is 2.87. The van der Waals surface area contributed by atoms with Crippen LogP contribution in [-0.4, -0.2) is 44.4 Å². The van der Waals surface area contributed by atoms with E-state index in [0.717, 1.165) is 17.9 Å². The lowest BCUT2D eigenvalue weighted by Gasteiger charge is -2.24. The fraction of sp³-hybridized carbons (Fsp3) is 0.538. The highest BCUT2D eigenvalue weighted by molar-refractivity contribution is 9.10. The van der Waals surface area contributed by atoms with Crippen molar-refractivity contribution in [3.05, 3.63) is 28.0 Å². The van der Waals surface area contributed by atoms with Crippen molar-refractivity contribution in [3.8, 4) is 0 Å². The van der Waals surface area contributed by atoms with Gasteiger partial charge in [-0.3, -0.25) is 0 Å². The lowest BCUT2D eigenvalue weighted by Crippen LogP contribution is -2.37. The Morgan fingerprint density at radius 3 is 2.81 bits per heavy atom. The molecule has 8 heteroatoms. The van der Waals surface area contributed by atoms with Crippen LogP contribution in [0.5, 0.6) is 0 Å². The van der Waals surface area contributed by atoms with Crippen LogP contribution in [0, 0.1) is 5.82 Å². The second-order valence-electron chi connectivity index (χ2n) is 4.95. The Bertz CT molecular complexity index is 619. The number of hydrogen-bond donors (Lipinski definition) is 1. The first-order chi connectivity index (χ1) is 9.87. The van der Waals surface area contributed by atoms with Crippen molar-refractivity contribution < 1.29 is 12.8 Å². The third-order valence-electron chi connectivity index (χ3n) is 3.52. The van der Waals surface area contributed by atoms with E-state index in [0.29, 0.717) is 10.0 Å². The Morgan fingerprint density at radius 1 is 1.52 bits per heavy atom. The maximum Gasteiger partial charge on any atom is 0.246 e. The van der Waals surface area contributed by atoms with E-state index in [2.05, 4.69) is 21.2 Å². The fourth-order valence-electron chi connectivity index (χ4n) is 2.29. The molecule has 4 nitrogen and oxygen atoms in total. The molecule has 1 aromatic rings. The van der Waals surface area contributed by atoms with Crippen LogP contribution in [0.1, 0.15) is 12.0 Å². The van der Waals surface area contributed by atoms with Gasteiger partial charge in [-0.1, -0.05) is 15.9 Å². The monoisotopic (exact) mass is 396 g/mol. The van der Waals surface area contributed by atoms with Crippen LogP contribution in [0.25, 0.3) is 0 Å². The zero-order valence-electron chi connectivity index (χ0n) is 11.9. The molecule has 2 rings (SSSR count). The van der Waals surface area contributed by atoms with Crippen molar-refractivity contribution in [2.75, 3.05) is 25.6 Å². The average molecular weight is 397 g/mol. The Labute approximate surface area is 137 Å². The normalized spacial score (nSPS) is 19.4. The first kappa shape index (κ1) is 17.2. The van der Waals surface area contributed by atoms with Gasteiger partial charge in [0.2, 0.25) is 10.0 Å². The molecule has 1 aliphatic rings. The summed E-state index contributed by atoms with van der Waals surface area (Å²) in [5, 5.41) is 2.84. The zero-order valence-corrected chi connectivity index (χ0v) is 15.1. The topological polar surface area (TPSA) is 49.4 Å². The van der Waals surface area contributed by atoms with Gasteiger partial charge in [0.1, 0.15) is 10.7 Å². The number of halogens is 2. The molecule has 1 fully saturated rings. The van der Waals surface area contributed by atoms with E-state index in [9.17, 15) is 12.8 Å². The summed E-state index contributed by atoms with van der Waals surface area (Å²) in [6.45, 7) is 0.275. The number of hydrogen-bond acceptors (Lipinski definition) is 4. The SMILES string of the molecule is CNCc1cc(Br)cc(S(=O)(=O)N(C)C2CCSC2)c1F. The molecule has 0 aromatic heterocycles. The highest BCUT2D eigenvalue weighted by Gasteiger charge is 2.33. The van der Waals surface area contributed by atoms with Crippen molar-refractivity contribution in [2.24, 2.45) is 0 Å². The molecule has 0 bridgehead atoms. The molecule has 21 heavy (non-hydrogen) atoms. The zero-order chi connectivity index (χ0) is 15.6. The maximum atomic E-state index is 14.5. The summed E-state index contributed by atoms with van der Waals surface area (Å²) in [4.78, 5) is -0.262. The average Bonchev–Trinajstić information content (AvgIpc) is 2.95. The minimum absolute atomic E-state index is 0.0638. The predicted octanol–water partition coefficient (Wildman–Crippen LogP) is 2.43. The molecule has 0 radical (unpaired) electrons. The van der Waals surface area contributed by atoms with Crippen LogP contribution in [0.2, 0.25) is 0 Å². The first-order valence-corrected chi connectivity index (χ1v) is 9.95. The molecule has 0 saturated carbocycles. The van der Waals surface area contributed by atoms with Crippen LogP contribution in [0.4, 0.5) is 4.39 Å². The van der Waals surface area contributed by atoms with Crippen LogP contribution < -0.4 is 5.32 Å². The van der Waals surface area contributed by atoms with Crippen molar-refractivity contribution in [1.29, 1.82) is 0 Å². The Morgan fingerprint density at radius 2 is 2.24 bits per heavy atom. The minimum Gasteiger partial charge on any atom is -0.316 e. The first-order valence-electron chi connectivity index (χ1n) is 6.56. The summed E-state index contributed by atoms with van der Waals surface area (Å²) in [6.07, 6.45) is 0.805. The number of sulfonamides is 1. The van der Waals surface area contributed by atoms with E-state index in [4.69, 9.17) is 0 Å². The summed E-state index contributed by atoms with van der Waals surface area (Å²) in [7, 11) is -0.607. The number of thioether (sulfide) groups is 1. The van der Waals surface area contributed by atoms with Gasteiger partial charge in [-0.2, -0.15) is 16.1 Å². The highest BCUT2D eigenvalue weighted by Crippen LogP contribution is 2.30. The van der Waals surface area contributed by atoms with Gasteiger partial charge >= 0.3 is 0 Å². The van der Waals surface area contributed by atoms with E-state index in [1.165, 1.54) is 17.4 Å². The van der Waals surface area contributed by atoms with E-state index in [-0.39, 0.29) is 17.5 Å².